The van der Waals surface area contributed by atoms with Crippen LogP contribution in [0.1, 0.15) is 26.3 Å². The molecule has 0 spiro atoms. The lowest BCUT2D eigenvalue weighted by atomic mass is 10.0. The third-order valence-electron chi connectivity index (χ3n) is 2.50. The molecule has 0 bridgehead atoms. The number of carbonyl (C=O) groups is 1. The Bertz CT molecular complexity index is 466. The topological polar surface area (TPSA) is 26.3 Å². The lowest BCUT2D eigenvalue weighted by molar-refractivity contribution is -0.138. The molecule has 0 atom stereocenters. The van der Waals surface area contributed by atoms with Crippen LogP contribution in [0, 0.1) is 0 Å². The minimum absolute atomic E-state index is 0.281. The van der Waals surface area contributed by atoms with E-state index in [2.05, 4.69) is 15.9 Å². The maximum Gasteiger partial charge on any atom is 0.333 e. The van der Waals surface area contributed by atoms with Crippen LogP contribution in [-0.4, -0.2) is 12.6 Å². The summed E-state index contributed by atoms with van der Waals surface area (Å²) in [5.74, 6) is -0.281. The second-order valence-electron chi connectivity index (χ2n) is 3.60. The van der Waals surface area contributed by atoms with Gasteiger partial charge in [-0.3, -0.25) is 0 Å². The summed E-state index contributed by atoms with van der Waals surface area (Å²) in [7, 11) is 0. The first-order valence-corrected chi connectivity index (χ1v) is 6.44. The number of benzene rings is 1. The monoisotopic (exact) mass is 316 g/mol. The summed E-state index contributed by atoms with van der Waals surface area (Å²) in [4.78, 5) is 11.6. The molecule has 4 heteroatoms. The Balaban J connectivity index is 3.09. The van der Waals surface area contributed by atoms with Gasteiger partial charge in [0, 0.05) is 10.0 Å². The molecule has 0 N–H and O–H groups in total. The van der Waals surface area contributed by atoms with Crippen molar-refractivity contribution in [2.45, 2.75) is 20.8 Å². The zero-order valence-electron chi connectivity index (χ0n) is 10.0. The van der Waals surface area contributed by atoms with Crippen molar-refractivity contribution in [2.24, 2.45) is 0 Å². The van der Waals surface area contributed by atoms with Gasteiger partial charge in [0.2, 0.25) is 0 Å². The molecule has 0 unspecified atom stereocenters. The van der Waals surface area contributed by atoms with Gasteiger partial charge in [0.05, 0.1) is 11.6 Å². The fraction of sp³-hybridized carbons (Fsp3) is 0.308. The zero-order valence-corrected chi connectivity index (χ0v) is 12.4. The molecule has 0 saturated carbocycles. The van der Waals surface area contributed by atoms with Gasteiger partial charge >= 0.3 is 5.97 Å². The van der Waals surface area contributed by atoms with Crippen LogP contribution in [0.25, 0.3) is 5.57 Å². The van der Waals surface area contributed by atoms with Gasteiger partial charge in [0.15, 0.2) is 0 Å². The molecule has 0 aliphatic carbocycles. The van der Waals surface area contributed by atoms with Gasteiger partial charge in [-0.15, -0.1) is 0 Å². The van der Waals surface area contributed by atoms with E-state index in [1.807, 2.05) is 19.1 Å². The second kappa shape index (κ2) is 6.22. The van der Waals surface area contributed by atoms with E-state index < -0.39 is 0 Å². The zero-order chi connectivity index (χ0) is 13.0. The number of halogens is 2. The third-order valence-corrected chi connectivity index (χ3v) is 3.71. The van der Waals surface area contributed by atoms with E-state index in [4.69, 9.17) is 16.3 Å². The number of carbonyl (C=O) groups excluding carboxylic acids is 1. The lowest BCUT2D eigenvalue weighted by Gasteiger charge is -2.08. The van der Waals surface area contributed by atoms with Crippen molar-refractivity contribution in [2.75, 3.05) is 6.61 Å². The first-order valence-electron chi connectivity index (χ1n) is 5.27. The van der Waals surface area contributed by atoms with Gasteiger partial charge < -0.3 is 4.74 Å². The molecule has 1 aromatic rings. The van der Waals surface area contributed by atoms with Crippen LogP contribution in [0.3, 0.4) is 0 Å². The van der Waals surface area contributed by atoms with E-state index in [1.54, 1.807) is 19.9 Å². The largest absolute Gasteiger partial charge is 0.463 e. The van der Waals surface area contributed by atoms with Crippen LogP contribution < -0.4 is 0 Å². The van der Waals surface area contributed by atoms with Crippen LogP contribution in [0.5, 0.6) is 0 Å². The summed E-state index contributed by atoms with van der Waals surface area (Å²) >= 11 is 9.28. The highest BCUT2D eigenvalue weighted by molar-refractivity contribution is 9.10. The Morgan fingerprint density at radius 3 is 2.59 bits per heavy atom. The van der Waals surface area contributed by atoms with Crippen LogP contribution in [0.2, 0.25) is 5.02 Å². The van der Waals surface area contributed by atoms with E-state index in [-0.39, 0.29) is 5.97 Å². The number of allylic oxidation sites excluding steroid dienone is 1. The molecule has 1 aromatic carbocycles. The fourth-order valence-electron chi connectivity index (χ4n) is 1.34. The van der Waals surface area contributed by atoms with Crippen LogP contribution in [-0.2, 0) is 9.53 Å². The summed E-state index contributed by atoms with van der Waals surface area (Å²) in [6.45, 7) is 5.82. The molecule has 0 saturated heterocycles. The molecule has 92 valence electrons. The highest BCUT2D eigenvalue weighted by atomic mass is 79.9. The highest BCUT2D eigenvalue weighted by Gasteiger charge is 2.10. The predicted octanol–water partition coefficient (Wildman–Crippen LogP) is 4.46. The minimum atomic E-state index is -0.281. The number of hydrogen-bond donors (Lipinski definition) is 0. The summed E-state index contributed by atoms with van der Waals surface area (Å²) in [6.07, 6.45) is 0. The average Bonchev–Trinajstić information content (AvgIpc) is 2.31. The highest BCUT2D eigenvalue weighted by Crippen LogP contribution is 2.27. The van der Waals surface area contributed by atoms with Crippen molar-refractivity contribution in [1.82, 2.24) is 0 Å². The van der Waals surface area contributed by atoms with Gasteiger partial charge in [-0.25, -0.2) is 4.79 Å². The molecule has 0 aromatic heterocycles. The van der Waals surface area contributed by atoms with E-state index in [1.165, 1.54) is 0 Å². The van der Waals surface area contributed by atoms with Crippen LogP contribution in [0.4, 0.5) is 0 Å². The minimum Gasteiger partial charge on any atom is -0.463 e. The van der Waals surface area contributed by atoms with Crippen molar-refractivity contribution < 1.29 is 9.53 Å². The molecular formula is C13H14BrClO2. The van der Waals surface area contributed by atoms with Gasteiger partial charge in [-0.1, -0.05) is 17.7 Å². The quantitative estimate of drug-likeness (QED) is 0.608. The van der Waals surface area contributed by atoms with Crippen molar-refractivity contribution in [1.29, 1.82) is 0 Å². The molecule has 1 rings (SSSR count). The van der Waals surface area contributed by atoms with Crippen molar-refractivity contribution in [3.63, 3.8) is 0 Å². The average molecular weight is 318 g/mol. The Kier molecular flexibility index (Phi) is 5.22. The molecular weight excluding hydrogens is 303 g/mol. The van der Waals surface area contributed by atoms with Crippen molar-refractivity contribution in [3.8, 4) is 0 Å². The SMILES string of the molecule is CCOC(=O)C(C)=C(C)c1ccc(Cl)c(Br)c1. The van der Waals surface area contributed by atoms with Crippen LogP contribution in [0.15, 0.2) is 28.2 Å². The van der Waals surface area contributed by atoms with E-state index in [9.17, 15) is 4.79 Å². The van der Waals surface area contributed by atoms with Crippen LogP contribution >= 0.6 is 27.5 Å². The Hall–Kier alpha value is -0.800. The summed E-state index contributed by atoms with van der Waals surface area (Å²) < 4.78 is 5.78. The predicted molar refractivity (Wildman–Crippen MR) is 74.1 cm³/mol. The van der Waals surface area contributed by atoms with Gasteiger partial charge in [-0.05, 0) is 60.0 Å². The molecule has 0 heterocycles. The fourth-order valence-corrected chi connectivity index (χ4v) is 1.83. The van der Waals surface area contributed by atoms with Crippen molar-refractivity contribution in [3.05, 3.63) is 38.8 Å². The number of rotatable bonds is 3. The van der Waals surface area contributed by atoms with E-state index >= 15 is 0 Å². The molecule has 17 heavy (non-hydrogen) atoms. The molecule has 0 aliphatic heterocycles. The normalized spacial score (nSPS) is 12.1. The van der Waals surface area contributed by atoms with Gasteiger partial charge in [-0.2, -0.15) is 0 Å². The molecule has 0 aliphatic rings. The second-order valence-corrected chi connectivity index (χ2v) is 4.86. The Labute approximate surface area is 115 Å². The van der Waals surface area contributed by atoms with Crippen molar-refractivity contribution >= 4 is 39.1 Å². The first-order chi connectivity index (χ1) is 7.97. The van der Waals surface area contributed by atoms with E-state index in [0.717, 1.165) is 15.6 Å². The molecule has 2 nitrogen and oxygen atoms in total. The van der Waals surface area contributed by atoms with E-state index in [0.29, 0.717) is 17.2 Å². The lowest BCUT2D eigenvalue weighted by Crippen LogP contribution is -2.06. The smallest absolute Gasteiger partial charge is 0.333 e. The maximum absolute atomic E-state index is 11.6. The first kappa shape index (κ1) is 14.3. The Morgan fingerprint density at radius 1 is 1.41 bits per heavy atom. The van der Waals surface area contributed by atoms with Gasteiger partial charge in [0.25, 0.3) is 0 Å². The summed E-state index contributed by atoms with van der Waals surface area (Å²) in [6, 6.07) is 5.56. The molecule has 0 amide bonds. The summed E-state index contributed by atoms with van der Waals surface area (Å²) in [5.41, 5.74) is 2.45. The van der Waals surface area contributed by atoms with Gasteiger partial charge in [0.1, 0.15) is 0 Å². The Morgan fingerprint density at radius 2 is 2.06 bits per heavy atom. The summed E-state index contributed by atoms with van der Waals surface area (Å²) in [5, 5.41) is 0.648. The standard InChI is InChI=1S/C13H14BrClO2/c1-4-17-13(16)9(3)8(2)10-5-6-12(15)11(14)7-10/h5-7H,4H2,1-3H3. The molecule has 0 radical (unpaired) electrons. The number of hydrogen-bond acceptors (Lipinski definition) is 2. The number of ether oxygens (including phenoxy) is 1. The number of esters is 1. The molecule has 0 fully saturated rings. The maximum atomic E-state index is 11.6. The third kappa shape index (κ3) is 3.58.